The maximum Gasteiger partial charge on any atom is 0.251 e. The maximum absolute atomic E-state index is 12.2. The quantitative estimate of drug-likeness (QED) is 0.284. The molecule has 1 aliphatic rings. The second kappa shape index (κ2) is 10.1. The van der Waals surface area contributed by atoms with Crippen molar-refractivity contribution in [1.29, 1.82) is 0 Å². The van der Waals surface area contributed by atoms with Crippen molar-refractivity contribution < 1.29 is 13.2 Å². The molecule has 2 heterocycles. The Kier molecular flexibility index (Phi) is 6.71. The van der Waals surface area contributed by atoms with Crippen LogP contribution >= 0.6 is 0 Å². The maximum atomic E-state index is 12.2. The number of fused-ring (bicyclic) bond motifs is 1. The summed E-state index contributed by atoms with van der Waals surface area (Å²) in [7, 11) is -2.97. The van der Waals surface area contributed by atoms with E-state index in [9.17, 15) is 13.2 Å². The van der Waals surface area contributed by atoms with Gasteiger partial charge in [0.05, 0.1) is 5.75 Å². The second-order valence-corrected chi connectivity index (χ2v) is 11.3. The van der Waals surface area contributed by atoms with Crippen LogP contribution in [0.5, 0.6) is 0 Å². The zero-order valence-corrected chi connectivity index (χ0v) is 20.8. The average molecular weight is 505 g/mol. The molecule has 36 heavy (non-hydrogen) atoms. The highest BCUT2D eigenvalue weighted by molar-refractivity contribution is 7.90. The number of aromatic nitrogens is 3. The van der Waals surface area contributed by atoms with Crippen molar-refractivity contribution in [2.45, 2.75) is 25.4 Å². The van der Waals surface area contributed by atoms with Crippen LogP contribution in [0.4, 0.5) is 11.6 Å². The third-order valence-corrected chi connectivity index (χ3v) is 6.87. The van der Waals surface area contributed by atoms with Gasteiger partial charge >= 0.3 is 0 Å². The summed E-state index contributed by atoms with van der Waals surface area (Å²) in [5.74, 6) is 0.538. The van der Waals surface area contributed by atoms with Crippen LogP contribution in [-0.2, 0) is 16.4 Å². The largest absolute Gasteiger partial charge is 0.349 e. The first-order valence-corrected chi connectivity index (χ1v) is 13.9. The minimum atomic E-state index is -2.97. The van der Waals surface area contributed by atoms with Gasteiger partial charge in [-0.25, -0.2) is 12.9 Å². The van der Waals surface area contributed by atoms with E-state index in [-0.39, 0.29) is 11.7 Å². The van der Waals surface area contributed by atoms with Crippen LogP contribution in [0.25, 0.3) is 16.8 Å². The molecule has 1 fully saturated rings. The highest BCUT2D eigenvalue weighted by Crippen LogP contribution is 2.26. The number of rotatable bonds is 10. The van der Waals surface area contributed by atoms with E-state index in [0.29, 0.717) is 30.6 Å². The minimum Gasteiger partial charge on any atom is -0.349 e. The van der Waals surface area contributed by atoms with E-state index in [1.54, 1.807) is 16.6 Å². The third-order valence-electron chi connectivity index (χ3n) is 5.92. The van der Waals surface area contributed by atoms with Crippen molar-refractivity contribution in [3.05, 3.63) is 78.0 Å². The number of hydrogen-bond acceptors (Lipinski definition) is 7. The fourth-order valence-corrected chi connectivity index (χ4v) is 4.32. The molecular formula is C26H28N6O3S. The van der Waals surface area contributed by atoms with Gasteiger partial charge in [-0.15, -0.1) is 5.10 Å². The molecule has 0 bridgehead atoms. The molecule has 5 rings (SSSR count). The summed E-state index contributed by atoms with van der Waals surface area (Å²) in [5.41, 5.74) is 5.17. The summed E-state index contributed by atoms with van der Waals surface area (Å²) in [6, 6.07) is 19.6. The molecule has 0 spiro atoms. The molecule has 9 nitrogen and oxygen atoms in total. The smallest absolute Gasteiger partial charge is 0.251 e. The predicted molar refractivity (Wildman–Crippen MR) is 140 cm³/mol. The Labute approximate surface area is 209 Å². The first kappa shape index (κ1) is 24.0. The molecule has 4 aromatic rings. The van der Waals surface area contributed by atoms with Crippen molar-refractivity contribution in [1.82, 2.24) is 25.2 Å². The number of carbonyl (C=O) groups excluding carboxylic acids is 1. The zero-order chi connectivity index (χ0) is 25.1. The van der Waals surface area contributed by atoms with Crippen LogP contribution in [0.2, 0.25) is 0 Å². The Morgan fingerprint density at radius 1 is 1.06 bits per heavy atom. The van der Waals surface area contributed by atoms with E-state index in [0.717, 1.165) is 40.9 Å². The van der Waals surface area contributed by atoms with Gasteiger partial charge in [-0.2, -0.15) is 4.98 Å². The molecule has 0 radical (unpaired) electrons. The van der Waals surface area contributed by atoms with Crippen molar-refractivity contribution in [2.24, 2.45) is 0 Å². The highest BCUT2D eigenvalue weighted by Gasteiger charge is 2.23. The number of anilines is 2. The monoisotopic (exact) mass is 504 g/mol. The predicted octanol–water partition coefficient (Wildman–Crippen LogP) is 3.17. The molecule has 1 saturated carbocycles. The molecule has 1 amide bonds. The third kappa shape index (κ3) is 6.07. The van der Waals surface area contributed by atoms with Gasteiger partial charge in [0.1, 0.15) is 9.84 Å². The van der Waals surface area contributed by atoms with Gasteiger partial charge in [0.15, 0.2) is 5.65 Å². The Hall–Kier alpha value is -3.76. The molecule has 186 valence electrons. The Morgan fingerprint density at radius 3 is 2.50 bits per heavy atom. The summed E-state index contributed by atoms with van der Waals surface area (Å²) in [6.45, 7) is 1.02. The summed E-state index contributed by atoms with van der Waals surface area (Å²) < 4.78 is 24.2. The molecule has 0 atom stereocenters. The van der Waals surface area contributed by atoms with Crippen LogP contribution in [0.3, 0.4) is 0 Å². The molecule has 2 aromatic carbocycles. The number of sulfone groups is 1. The van der Waals surface area contributed by atoms with E-state index in [1.807, 2.05) is 54.7 Å². The van der Waals surface area contributed by atoms with Crippen molar-refractivity contribution in [2.75, 3.05) is 23.9 Å². The molecule has 1 aliphatic carbocycles. The molecule has 10 heteroatoms. The highest BCUT2D eigenvalue weighted by atomic mass is 32.2. The van der Waals surface area contributed by atoms with E-state index < -0.39 is 9.84 Å². The molecule has 2 aromatic heterocycles. The SMILES string of the molecule is CS(=O)(=O)CCNCc1ccc(-c2cccn3nc(Nc4ccc(C(=O)NC5CC5)cc4)nc23)cc1. The lowest BCUT2D eigenvalue weighted by Crippen LogP contribution is -2.25. The summed E-state index contributed by atoms with van der Waals surface area (Å²) in [6.07, 6.45) is 5.20. The van der Waals surface area contributed by atoms with E-state index in [2.05, 4.69) is 26.0 Å². The second-order valence-electron chi connectivity index (χ2n) is 9.08. The molecular weight excluding hydrogens is 476 g/mol. The lowest BCUT2D eigenvalue weighted by atomic mass is 10.1. The standard InChI is InChI=1S/C26H28N6O3S/c1-36(34,35)16-14-27-17-18-4-6-19(7-5-18)23-3-2-15-32-24(23)30-26(31-32)29-22-10-8-20(9-11-22)25(33)28-21-12-13-21/h2-11,15,21,27H,12-14,16-17H2,1H3,(H,28,33)(H,29,31). The van der Waals surface area contributed by atoms with Crippen molar-refractivity contribution in [3.63, 3.8) is 0 Å². The fourth-order valence-electron chi connectivity index (χ4n) is 3.81. The first-order chi connectivity index (χ1) is 17.3. The lowest BCUT2D eigenvalue weighted by molar-refractivity contribution is 0.0951. The van der Waals surface area contributed by atoms with E-state index in [1.165, 1.54) is 6.26 Å². The summed E-state index contributed by atoms with van der Waals surface area (Å²) in [4.78, 5) is 16.9. The molecule has 0 unspecified atom stereocenters. The number of nitrogens with one attached hydrogen (secondary N) is 3. The minimum absolute atomic E-state index is 0.0461. The molecule has 0 saturated heterocycles. The van der Waals surface area contributed by atoms with Crippen LogP contribution in [0.1, 0.15) is 28.8 Å². The van der Waals surface area contributed by atoms with Gasteiger partial charge < -0.3 is 16.0 Å². The van der Waals surface area contributed by atoms with Gasteiger partial charge in [0, 0.05) is 48.4 Å². The molecule has 0 aliphatic heterocycles. The normalized spacial score (nSPS) is 13.6. The van der Waals surface area contributed by atoms with Crippen LogP contribution in [0.15, 0.2) is 66.9 Å². The van der Waals surface area contributed by atoms with Gasteiger partial charge in [-0.1, -0.05) is 24.3 Å². The Morgan fingerprint density at radius 2 is 1.81 bits per heavy atom. The molecule has 3 N–H and O–H groups in total. The Bertz CT molecular complexity index is 1480. The van der Waals surface area contributed by atoms with Gasteiger partial charge in [0.2, 0.25) is 5.95 Å². The number of amides is 1. The van der Waals surface area contributed by atoms with E-state index in [4.69, 9.17) is 0 Å². The van der Waals surface area contributed by atoms with Crippen molar-refractivity contribution >= 4 is 33.0 Å². The van der Waals surface area contributed by atoms with Crippen LogP contribution < -0.4 is 16.0 Å². The van der Waals surface area contributed by atoms with E-state index >= 15 is 0 Å². The van der Waals surface area contributed by atoms with Crippen LogP contribution in [0, 0.1) is 0 Å². The summed E-state index contributed by atoms with van der Waals surface area (Å²) in [5, 5.41) is 13.9. The Balaban J connectivity index is 1.26. The zero-order valence-electron chi connectivity index (χ0n) is 19.9. The number of benzene rings is 2. The first-order valence-electron chi connectivity index (χ1n) is 11.9. The fraction of sp³-hybridized carbons (Fsp3) is 0.269. The lowest BCUT2D eigenvalue weighted by Gasteiger charge is -2.07. The van der Waals surface area contributed by atoms with Crippen LogP contribution in [-0.4, -0.2) is 53.5 Å². The van der Waals surface area contributed by atoms with Gasteiger partial charge in [-0.05, 0) is 60.4 Å². The number of hydrogen-bond donors (Lipinski definition) is 3. The number of nitrogens with zero attached hydrogens (tertiary/aromatic N) is 3. The topological polar surface area (TPSA) is 117 Å². The van der Waals surface area contributed by atoms with Gasteiger partial charge in [0.25, 0.3) is 5.91 Å². The van der Waals surface area contributed by atoms with Crippen molar-refractivity contribution in [3.8, 4) is 11.1 Å². The number of pyridine rings is 1. The summed E-state index contributed by atoms with van der Waals surface area (Å²) >= 11 is 0. The average Bonchev–Trinajstić information content (AvgIpc) is 3.57. The number of carbonyl (C=O) groups is 1. The van der Waals surface area contributed by atoms with Gasteiger partial charge in [-0.3, -0.25) is 4.79 Å².